The number of nitrogens with two attached hydrogens (primary N) is 1. The van der Waals surface area contributed by atoms with Crippen molar-refractivity contribution in [3.63, 3.8) is 0 Å². The summed E-state index contributed by atoms with van der Waals surface area (Å²) in [7, 11) is 0. The van der Waals surface area contributed by atoms with Gasteiger partial charge in [0.2, 0.25) is 5.91 Å². The van der Waals surface area contributed by atoms with Crippen LogP contribution in [0.5, 0.6) is 0 Å². The summed E-state index contributed by atoms with van der Waals surface area (Å²) in [5.74, 6) is -0.489. The molecule has 108 valence electrons. The standard InChI is InChI=1S/C14H21FN2O.ClH/c1-4-14(5-2,9-16)13(18)17-12-7-10(3)6-11(15)8-12;/h6-8H,4-5,9,16H2,1-3H3,(H,17,18);1H. The number of carbonyl (C=O) groups excluding carboxylic acids is 1. The molecule has 0 heterocycles. The van der Waals surface area contributed by atoms with Crippen LogP contribution in [0.25, 0.3) is 0 Å². The maximum atomic E-state index is 13.2. The van der Waals surface area contributed by atoms with E-state index in [9.17, 15) is 9.18 Å². The van der Waals surface area contributed by atoms with Crippen LogP contribution in [0.4, 0.5) is 10.1 Å². The Bertz CT molecular complexity index is 405. The molecule has 0 fully saturated rings. The third kappa shape index (κ3) is 4.18. The largest absolute Gasteiger partial charge is 0.329 e. The van der Waals surface area contributed by atoms with Gasteiger partial charge in [-0.15, -0.1) is 12.4 Å². The van der Waals surface area contributed by atoms with Crippen LogP contribution in [-0.2, 0) is 4.79 Å². The van der Waals surface area contributed by atoms with Gasteiger partial charge in [0.1, 0.15) is 5.82 Å². The Balaban J connectivity index is 0.00000324. The number of halogens is 2. The van der Waals surface area contributed by atoms with Crippen LogP contribution < -0.4 is 11.1 Å². The van der Waals surface area contributed by atoms with E-state index in [0.717, 1.165) is 5.56 Å². The number of anilines is 1. The van der Waals surface area contributed by atoms with Gasteiger partial charge in [-0.2, -0.15) is 0 Å². The van der Waals surface area contributed by atoms with Gasteiger partial charge in [0.25, 0.3) is 0 Å². The quantitative estimate of drug-likeness (QED) is 0.874. The van der Waals surface area contributed by atoms with Gasteiger partial charge in [-0.05, 0) is 43.5 Å². The SMILES string of the molecule is CCC(CC)(CN)C(=O)Nc1cc(C)cc(F)c1.Cl. The Morgan fingerprint density at radius 2 is 1.89 bits per heavy atom. The van der Waals surface area contributed by atoms with Crippen molar-refractivity contribution in [2.75, 3.05) is 11.9 Å². The van der Waals surface area contributed by atoms with Crippen molar-refractivity contribution in [1.29, 1.82) is 0 Å². The second kappa shape index (κ2) is 7.46. The predicted octanol–water partition coefficient (Wildman–Crippen LogP) is 3.26. The van der Waals surface area contributed by atoms with E-state index >= 15 is 0 Å². The van der Waals surface area contributed by atoms with E-state index < -0.39 is 5.41 Å². The second-order valence-corrected chi connectivity index (χ2v) is 4.66. The van der Waals surface area contributed by atoms with Crippen LogP contribution in [0.15, 0.2) is 18.2 Å². The summed E-state index contributed by atoms with van der Waals surface area (Å²) in [4.78, 5) is 12.2. The summed E-state index contributed by atoms with van der Waals surface area (Å²) < 4.78 is 13.2. The van der Waals surface area contributed by atoms with E-state index in [0.29, 0.717) is 25.1 Å². The Labute approximate surface area is 120 Å². The zero-order valence-electron chi connectivity index (χ0n) is 11.6. The van der Waals surface area contributed by atoms with E-state index in [1.165, 1.54) is 12.1 Å². The van der Waals surface area contributed by atoms with Gasteiger partial charge in [-0.3, -0.25) is 4.79 Å². The minimum absolute atomic E-state index is 0. The maximum Gasteiger partial charge on any atom is 0.231 e. The molecule has 3 N–H and O–H groups in total. The molecule has 1 amide bonds. The number of hydrogen-bond acceptors (Lipinski definition) is 2. The first-order chi connectivity index (χ1) is 8.47. The molecule has 0 atom stereocenters. The third-order valence-corrected chi connectivity index (χ3v) is 3.53. The molecule has 19 heavy (non-hydrogen) atoms. The van der Waals surface area contributed by atoms with Gasteiger partial charge in [0, 0.05) is 12.2 Å². The molecule has 0 aliphatic rings. The molecule has 0 aliphatic heterocycles. The van der Waals surface area contributed by atoms with Crippen LogP contribution in [0.3, 0.4) is 0 Å². The lowest BCUT2D eigenvalue weighted by Crippen LogP contribution is -2.41. The van der Waals surface area contributed by atoms with Crippen molar-refractivity contribution >= 4 is 24.0 Å². The summed E-state index contributed by atoms with van der Waals surface area (Å²) in [6, 6.07) is 4.48. The summed E-state index contributed by atoms with van der Waals surface area (Å²) in [6.07, 6.45) is 1.33. The zero-order chi connectivity index (χ0) is 13.8. The molecule has 0 saturated heterocycles. The molecule has 0 radical (unpaired) electrons. The lowest BCUT2D eigenvalue weighted by Gasteiger charge is -2.28. The molecule has 3 nitrogen and oxygen atoms in total. The lowest BCUT2D eigenvalue weighted by atomic mass is 9.81. The smallest absolute Gasteiger partial charge is 0.231 e. The first-order valence-electron chi connectivity index (χ1n) is 6.26. The van der Waals surface area contributed by atoms with Crippen LogP contribution >= 0.6 is 12.4 Å². The van der Waals surface area contributed by atoms with Gasteiger partial charge in [-0.25, -0.2) is 4.39 Å². The van der Waals surface area contributed by atoms with Gasteiger partial charge in [0.15, 0.2) is 0 Å². The lowest BCUT2D eigenvalue weighted by molar-refractivity contribution is -0.125. The van der Waals surface area contributed by atoms with Crippen molar-refractivity contribution < 1.29 is 9.18 Å². The first kappa shape index (κ1) is 17.9. The van der Waals surface area contributed by atoms with E-state index in [2.05, 4.69) is 5.32 Å². The summed E-state index contributed by atoms with van der Waals surface area (Å²) in [5.41, 5.74) is 6.40. The average molecular weight is 289 g/mol. The fourth-order valence-corrected chi connectivity index (χ4v) is 2.02. The summed E-state index contributed by atoms with van der Waals surface area (Å²) in [6.45, 7) is 5.95. The highest BCUT2D eigenvalue weighted by atomic mass is 35.5. The number of aryl methyl sites for hydroxylation is 1. The third-order valence-electron chi connectivity index (χ3n) is 3.53. The molecule has 0 aliphatic carbocycles. The number of benzene rings is 1. The van der Waals surface area contributed by atoms with E-state index in [1.54, 1.807) is 13.0 Å². The van der Waals surface area contributed by atoms with Crippen LogP contribution in [0.1, 0.15) is 32.3 Å². The number of nitrogens with one attached hydrogen (secondary N) is 1. The molecule has 0 saturated carbocycles. The highest BCUT2D eigenvalue weighted by molar-refractivity contribution is 5.95. The molecule has 0 spiro atoms. The van der Waals surface area contributed by atoms with E-state index in [1.807, 2.05) is 13.8 Å². The zero-order valence-corrected chi connectivity index (χ0v) is 12.4. The molecular formula is C14H22ClFN2O. The highest BCUT2D eigenvalue weighted by Gasteiger charge is 2.33. The van der Waals surface area contributed by atoms with Crippen molar-refractivity contribution in [2.45, 2.75) is 33.6 Å². The highest BCUT2D eigenvalue weighted by Crippen LogP contribution is 2.27. The molecule has 0 bridgehead atoms. The molecule has 0 aromatic heterocycles. The van der Waals surface area contributed by atoms with Gasteiger partial charge < -0.3 is 11.1 Å². The second-order valence-electron chi connectivity index (χ2n) is 4.66. The first-order valence-corrected chi connectivity index (χ1v) is 6.26. The Morgan fingerprint density at radius 1 is 1.32 bits per heavy atom. The number of rotatable bonds is 5. The predicted molar refractivity (Wildman–Crippen MR) is 79.1 cm³/mol. The Hall–Kier alpha value is -1.13. The molecule has 1 rings (SSSR count). The monoisotopic (exact) mass is 288 g/mol. The fourth-order valence-electron chi connectivity index (χ4n) is 2.02. The number of hydrogen-bond donors (Lipinski definition) is 2. The normalized spacial score (nSPS) is 10.8. The fraction of sp³-hybridized carbons (Fsp3) is 0.500. The van der Waals surface area contributed by atoms with Crippen molar-refractivity contribution in [1.82, 2.24) is 0 Å². The molecular weight excluding hydrogens is 267 g/mol. The topological polar surface area (TPSA) is 55.1 Å². The summed E-state index contributed by atoms with van der Waals surface area (Å²) in [5, 5.41) is 2.76. The van der Waals surface area contributed by atoms with Crippen molar-refractivity contribution in [2.24, 2.45) is 11.1 Å². The van der Waals surface area contributed by atoms with Gasteiger partial charge >= 0.3 is 0 Å². The average Bonchev–Trinajstić information content (AvgIpc) is 2.30. The number of carbonyl (C=O) groups is 1. The Morgan fingerprint density at radius 3 is 2.32 bits per heavy atom. The van der Waals surface area contributed by atoms with Crippen LogP contribution in [0, 0.1) is 18.2 Å². The van der Waals surface area contributed by atoms with Gasteiger partial charge in [0.05, 0.1) is 5.41 Å². The molecule has 1 aromatic rings. The minimum Gasteiger partial charge on any atom is -0.329 e. The van der Waals surface area contributed by atoms with E-state index in [-0.39, 0.29) is 24.1 Å². The molecule has 5 heteroatoms. The Kier molecular flexibility index (Phi) is 7.01. The van der Waals surface area contributed by atoms with Crippen LogP contribution in [0.2, 0.25) is 0 Å². The van der Waals surface area contributed by atoms with Crippen molar-refractivity contribution in [3.05, 3.63) is 29.6 Å². The van der Waals surface area contributed by atoms with Crippen molar-refractivity contribution in [3.8, 4) is 0 Å². The molecule has 1 aromatic carbocycles. The minimum atomic E-state index is -0.569. The number of amides is 1. The van der Waals surface area contributed by atoms with Crippen LogP contribution in [-0.4, -0.2) is 12.5 Å². The maximum absolute atomic E-state index is 13.2. The van der Waals surface area contributed by atoms with Gasteiger partial charge in [-0.1, -0.05) is 13.8 Å². The summed E-state index contributed by atoms with van der Waals surface area (Å²) >= 11 is 0. The van der Waals surface area contributed by atoms with E-state index in [4.69, 9.17) is 5.73 Å². The molecule has 0 unspecified atom stereocenters.